The largest absolute Gasteiger partial charge is 0.466 e. The van der Waals surface area contributed by atoms with Gasteiger partial charge in [-0.15, -0.1) is 0 Å². The topological polar surface area (TPSA) is 72.8 Å². The average molecular weight is 449 g/mol. The smallest absolute Gasteiger partial charge is 0.338 e. The molecule has 6 nitrogen and oxygen atoms in total. The molecule has 0 aliphatic carbocycles. The SMILES string of the molecule is COC/C=C/C1=C(C(=O)OC)C(C)(c2ccc(F)c(F)c2)N=C(c2ncc(F)cc2F)N1. The first-order valence-electron chi connectivity index (χ1n) is 9.33. The number of carbonyl (C=O) groups excluding carboxylic acids is 1. The Morgan fingerprint density at radius 2 is 1.88 bits per heavy atom. The van der Waals surface area contributed by atoms with E-state index in [1.807, 2.05) is 0 Å². The summed E-state index contributed by atoms with van der Waals surface area (Å²) in [6, 6.07) is 3.65. The Hall–Kier alpha value is -3.53. The number of hydrogen-bond acceptors (Lipinski definition) is 6. The first-order valence-corrected chi connectivity index (χ1v) is 9.33. The molecule has 1 aliphatic heterocycles. The number of esters is 1. The molecule has 0 amide bonds. The van der Waals surface area contributed by atoms with Gasteiger partial charge in [0.2, 0.25) is 0 Å². The third-order valence-electron chi connectivity index (χ3n) is 4.80. The van der Waals surface area contributed by atoms with Crippen LogP contribution in [0.25, 0.3) is 0 Å². The van der Waals surface area contributed by atoms with Crippen molar-refractivity contribution in [1.82, 2.24) is 10.3 Å². The van der Waals surface area contributed by atoms with E-state index in [2.05, 4.69) is 15.3 Å². The van der Waals surface area contributed by atoms with E-state index in [1.54, 1.807) is 6.08 Å². The van der Waals surface area contributed by atoms with E-state index in [1.165, 1.54) is 26.2 Å². The lowest BCUT2D eigenvalue weighted by Gasteiger charge is -2.34. The van der Waals surface area contributed by atoms with E-state index in [9.17, 15) is 22.4 Å². The van der Waals surface area contributed by atoms with Crippen LogP contribution in [0.2, 0.25) is 0 Å². The third kappa shape index (κ3) is 4.40. The van der Waals surface area contributed by atoms with Crippen LogP contribution >= 0.6 is 0 Å². The summed E-state index contributed by atoms with van der Waals surface area (Å²) in [4.78, 5) is 20.9. The van der Waals surface area contributed by atoms with Crippen molar-refractivity contribution >= 4 is 11.8 Å². The summed E-state index contributed by atoms with van der Waals surface area (Å²) >= 11 is 0. The van der Waals surface area contributed by atoms with E-state index >= 15 is 0 Å². The van der Waals surface area contributed by atoms with E-state index in [4.69, 9.17) is 9.47 Å². The minimum atomic E-state index is -1.64. The number of aromatic nitrogens is 1. The van der Waals surface area contributed by atoms with Gasteiger partial charge in [-0.1, -0.05) is 12.1 Å². The number of amidine groups is 1. The number of nitrogens with one attached hydrogen (secondary N) is 1. The summed E-state index contributed by atoms with van der Waals surface area (Å²) in [5.74, 6) is -5.12. The van der Waals surface area contributed by atoms with Crippen LogP contribution < -0.4 is 5.32 Å². The number of methoxy groups -OCH3 is 2. The predicted octanol–water partition coefficient (Wildman–Crippen LogP) is 3.53. The highest BCUT2D eigenvalue weighted by Crippen LogP contribution is 2.39. The summed E-state index contributed by atoms with van der Waals surface area (Å²) in [6.45, 7) is 1.63. The average Bonchev–Trinajstić information content (AvgIpc) is 2.75. The van der Waals surface area contributed by atoms with Crippen molar-refractivity contribution < 1.29 is 31.8 Å². The minimum absolute atomic E-state index is 0.0513. The number of allylic oxidation sites excluding steroid dienone is 1. The molecule has 0 spiro atoms. The van der Waals surface area contributed by atoms with Crippen molar-refractivity contribution in [2.45, 2.75) is 12.5 Å². The zero-order chi connectivity index (χ0) is 23.5. The Kier molecular flexibility index (Phi) is 6.73. The Bertz CT molecular complexity index is 1150. The summed E-state index contributed by atoms with van der Waals surface area (Å²) in [6.07, 6.45) is 3.84. The fraction of sp³-hybridized carbons (Fsp3) is 0.227. The zero-order valence-corrected chi connectivity index (χ0v) is 17.4. The second-order valence-electron chi connectivity index (χ2n) is 6.91. The maximum atomic E-state index is 14.5. The van der Waals surface area contributed by atoms with Crippen LogP contribution in [0.5, 0.6) is 0 Å². The van der Waals surface area contributed by atoms with Crippen molar-refractivity contribution in [1.29, 1.82) is 0 Å². The van der Waals surface area contributed by atoms with Gasteiger partial charge in [-0.2, -0.15) is 0 Å². The molecule has 1 aliphatic rings. The number of nitrogens with zero attached hydrogens (tertiary/aromatic N) is 2. The quantitative estimate of drug-likeness (QED) is 0.540. The Labute approximate surface area is 181 Å². The summed E-state index contributed by atoms with van der Waals surface area (Å²) < 4.78 is 65.4. The maximum Gasteiger partial charge on any atom is 0.338 e. The summed E-state index contributed by atoms with van der Waals surface area (Å²) in [5.41, 5.74) is -1.80. The van der Waals surface area contributed by atoms with Crippen molar-refractivity contribution in [2.24, 2.45) is 4.99 Å². The molecule has 10 heteroatoms. The van der Waals surface area contributed by atoms with Gasteiger partial charge in [0, 0.05) is 13.2 Å². The fourth-order valence-corrected chi connectivity index (χ4v) is 3.27. The van der Waals surface area contributed by atoms with Crippen LogP contribution in [0.3, 0.4) is 0 Å². The molecule has 0 radical (unpaired) electrons. The molecule has 168 valence electrons. The number of aliphatic imine (C=N–C) groups is 1. The van der Waals surface area contributed by atoms with Crippen LogP contribution in [-0.4, -0.2) is 37.6 Å². The van der Waals surface area contributed by atoms with Gasteiger partial charge < -0.3 is 14.8 Å². The first-order chi connectivity index (χ1) is 15.2. The van der Waals surface area contributed by atoms with E-state index in [-0.39, 0.29) is 35.0 Å². The standard InChI is InChI=1S/C22H19F4N3O3/c1-22(12-6-7-14(24)15(25)9-12)18(21(30)32-3)17(5-4-8-31-2)28-20(29-22)19-16(26)10-13(23)11-27-19/h4-7,9-11H,8H2,1-3H3,(H,28,29)/b5-4+. The molecule has 0 saturated carbocycles. The third-order valence-corrected chi connectivity index (χ3v) is 4.80. The molecule has 0 fully saturated rings. The highest BCUT2D eigenvalue weighted by Gasteiger charge is 2.42. The lowest BCUT2D eigenvalue weighted by Crippen LogP contribution is -2.41. The van der Waals surface area contributed by atoms with Gasteiger partial charge in [0.15, 0.2) is 23.3 Å². The number of hydrogen-bond donors (Lipinski definition) is 1. The minimum Gasteiger partial charge on any atom is -0.466 e. The van der Waals surface area contributed by atoms with Crippen LogP contribution in [0, 0.1) is 23.3 Å². The highest BCUT2D eigenvalue weighted by molar-refractivity contribution is 6.04. The van der Waals surface area contributed by atoms with Crippen LogP contribution in [0.1, 0.15) is 18.2 Å². The summed E-state index contributed by atoms with van der Waals surface area (Å²) in [5, 5.41) is 2.80. The fourth-order valence-electron chi connectivity index (χ4n) is 3.27. The number of benzene rings is 1. The monoisotopic (exact) mass is 449 g/mol. The Balaban J connectivity index is 2.29. The van der Waals surface area contributed by atoms with Crippen molar-refractivity contribution in [3.05, 3.63) is 88.4 Å². The van der Waals surface area contributed by atoms with Gasteiger partial charge in [0.05, 0.1) is 31.2 Å². The number of pyridine rings is 1. The highest BCUT2D eigenvalue weighted by atomic mass is 19.2. The van der Waals surface area contributed by atoms with Gasteiger partial charge in [-0.25, -0.2) is 32.3 Å². The molecule has 1 N–H and O–H groups in total. The lowest BCUT2D eigenvalue weighted by molar-refractivity contribution is -0.137. The molecular formula is C22H19F4N3O3. The molecule has 32 heavy (non-hydrogen) atoms. The van der Waals surface area contributed by atoms with Crippen LogP contribution in [0.15, 0.2) is 58.9 Å². The second kappa shape index (κ2) is 9.31. The lowest BCUT2D eigenvalue weighted by atomic mass is 9.82. The first kappa shape index (κ1) is 23.1. The predicted molar refractivity (Wildman–Crippen MR) is 108 cm³/mol. The molecule has 0 bridgehead atoms. The molecule has 1 unspecified atom stereocenters. The number of carbonyl (C=O) groups is 1. The van der Waals surface area contributed by atoms with E-state index in [0.29, 0.717) is 6.07 Å². The van der Waals surface area contributed by atoms with Crippen molar-refractivity contribution in [2.75, 3.05) is 20.8 Å². The second-order valence-corrected chi connectivity index (χ2v) is 6.91. The molecule has 1 atom stereocenters. The van der Waals surface area contributed by atoms with Gasteiger partial charge in [-0.3, -0.25) is 0 Å². The van der Waals surface area contributed by atoms with Crippen LogP contribution in [0.4, 0.5) is 17.6 Å². The Morgan fingerprint density at radius 3 is 2.50 bits per heavy atom. The van der Waals surface area contributed by atoms with Crippen LogP contribution in [-0.2, 0) is 19.8 Å². The molecule has 2 aromatic rings. The molecule has 3 rings (SSSR count). The van der Waals surface area contributed by atoms with Gasteiger partial charge >= 0.3 is 5.97 Å². The number of ether oxygens (including phenoxy) is 2. The van der Waals surface area contributed by atoms with Crippen molar-refractivity contribution in [3.8, 4) is 0 Å². The Morgan fingerprint density at radius 1 is 1.12 bits per heavy atom. The number of rotatable bonds is 6. The van der Waals surface area contributed by atoms with Gasteiger partial charge in [-0.05, 0) is 30.7 Å². The van der Waals surface area contributed by atoms with Gasteiger partial charge in [0.1, 0.15) is 17.1 Å². The van der Waals surface area contributed by atoms with E-state index in [0.717, 1.165) is 25.4 Å². The molecule has 0 saturated heterocycles. The summed E-state index contributed by atoms with van der Waals surface area (Å²) in [7, 11) is 2.61. The van der Waals surface area contributed by atoms with Gasteiger partial charge in [0.25, 0.3) is 0 Å². The van der Waals surface area contributed by atoms with Crippen molar-refractivity contribution in [3.63, 3.8) is 0 Å². The van der Waals surface area contributed by atoms with E-state index < -0.39 is 34.8 Å². The molecule has 2 heterocycles. The molecule has 1 aromatic carbocycles. The molecular weight excluding hydrogens is 430 g/mol. The molecule has 1 aromatic heterocycles. The maximum absolute atomic E-state index is 14.5. The number of halogens is 4. The normalized spacial score (nSPS) is 18.5. The zero-order valence-electron chi connectivity index (χ0n) is 17.4.